The number of benzene rings is 1. The summed E-state index contributed by atoms with van der Waals surface area (Å²) in [4.78, 5) is 0.118. The van der Waals surface area contributed by atoms with Crippen molar-refractivity contribution in [1.82, 2.24) is 4.72 Å². The van der Waals surface area contributed by atoms with E-state index in [0.717, 1.165) is 5.56 Å². The summed E-state index contributed by atoms with van der Waals surface area (Å²) in [6.45, 7) is 1.88. The number of ether oxygens (including phenoxy) is 1. The van der Waals surface area contributed by atoms with E-state index in [1.807, 2.05) is 6.92 Å². The van der Waals surface area contributed by atoms with Gasteiger partial charge in [-0.3, -0.25) is 0 Å². The summed E-state index contributed by atoms with van der Waals surface area (Å²) >= 11 is 5.96. The van der Waals surface area contributed by atoms with Crippen molar-refractivity contribution in [2.45, 2.75) is 17.9 Å². The van der Waals surface area contributed by atoms with Gasteiger partial charge in [0.15, 0.2) is 0 Å². The second-order valence-electron chi connectivity index (χ2n) is 4.50. The van der Waals surface area contributed by atoms with Gasteiger partial charge < -0.3 is 9.15 Å². The van der Waals surface area contributed by atoms with Crippen molar-refractivity contribution in [1.29, 1.82) is 0 Å². The molecule has 0 fully saturated rings. The third-order valence-electron chi connectivity index (χ3n) is 3.06. The molecule has 7 heteroatoms. The summed E-state index contributed by atoms with van der Waals surface area (Å²) in [5, 5.41) is 0.409. The zero-order valence-corrected chi connectivity index (χ0v) is 13.2. The first kappa shape index (κ1) is 16.0. The zero-order chi connectivity index (χ0) is 15.5. The molecule has 0 saturated carbocycles. The molecule has 0 amide bonds. The van der Waals surface area contributed by atoms with Crippen LogP contribution in [0.1, 0.15) is 17.4 Å². The van der Waals surface area contributed by atoms with Gasteiger partial charge in [-0.05, 0) is 36.8 Å². The normalized spacial score (nSPS) is 13.3. The smallest absolute Gasteiger partial charge is 0.240 e. The van der Waals surface area contributed by atoms with Crippen LogP contribution in [0.4, 0.5) is 0 Å². The quantitative estimate of drug-likeness (QED) is 0.884. The van der Waals surface area contributed by atoms with Crippen molar-refractivity contribution in [3.05, 3.63) is 52.9 Å². The molecule has 1 aromatic heterocycles. The molecule has 0 saturated heterocycles. The van der Waals surface area contributed by atoms with Crippen LogP contribution < -0.4 is 4.72 Å². The van der Waals surface area contributed by atoms with E-state index >= 15 is 0 Å². The molecule has 0 aliphatic heterocycles. The fourth-order valence-corrected chi connectivity index (χ4v) is 3.09. The Bertz CT molecular complexity index is 698. The molecular weight excluding hydrogens is 314 g/mol. The van der Waals surface area contributed by atoms with Gasteiger partial charge in [0.05, 0.1) is 11.2 Å². The lowest BCUT2D eigenvalue weighted by atomic mass is 10.2. The van der Waals surface area contributed by atoms with Gasteiger partial charge in [-0.2, -0.15) is 0 Å². The summed E-state index contributed by atoms with van der Waals surface area (Å²) in [7, 11) is -2.16. The fraction of sp³-hybridized carbons (Fsp3) is 0.286. The Morgan fingerprint density at radius 3 is 2.71 bits per heavy atom. The van der Waals surface area contributed by atoms with Crippen molar-refractivity contribution in [2.24, 2.45) is 0 Å². The Hall–Kier alpha value is -1.34. The maximum atomic E-state index is 12.2. The third kappa shape index (κ3) is 3.85. The molecule has 1 atom stereocenters. The number of sulfonamides is 1. The summed E-state index contributed by atoms with van der Waals surface area (Å²) in [6.07, 6.45) is 1.02. The van der Waals surface area contributed by atoms with Crippen molar-refractivity contribution in [2.75, 3.05) is 13.7 Å². The number of halogens is 1. The van der Waals surface area contributed by atoms with Gasteiger partial charge in [0.2, 0.25) is 10.0 Å². The maximum Gasteiger partial charge on any atom is 0.240 e. The lowest BCUT2D eigenvalue weighted by molar-refractivity contribution is 0.0878. The predicted molar refractivity (Wildman–Crippen MR) is 79.8 cm³/mol. The fourth-order valence-electron chi connectivity index (χ4n) is 1.78. The minimum Gasteiger partial charge on any atom is -0.467 e. The highest BCUT2D eigenvalue weighted by molar-refractivity contribution is 7.89. The molecule has 0 bridgehead atoms. The number of methoxy groups -OCH3 is 1. The SMILES string of the molecule is COC(CNS(=O)(=O)c1ccc(C)c(Cl)c1)c1ccco1. The number of rotatable bonds is 6. The van der Waals surface area contributed by atoms with Crippen molar-refractivity contribution >= 4 is 21.6 Å². The molecule has 2 rings (SSSR count). The van der Waals surface area contributed by atoms with Crippen LogP contribution in [-0.2, 0) is 14.8 Å². The van der Waals surface area contributed by atoms with E-state index in [-0.39, 0.29) is 11.4 Å². The molecule has 0 aliphatic carbocycles. The van der Waals surface area contributed by atoms with E-state index in [4.69, 9.17) is 20.8 Å². The van der Waals surface area contributed by atoms with Crippen LogP contribution in [0.15, 0.2) is 45.9 Å². The Morgan fingerprint density at radius 1 is 1.38 bits per heavy atom. The number of hydrogen-bond acceptors (Lipinski definition) is 4. The molecule has 114 valence electrons. The summed E-state index contributed by atoms with van der Waals surface area (Å²) in [5.74, 6) is 0.558. The highest BCUT2D eigenvalue weighted by Crippen LogP contribution is 2.21. The molecule has 0 spiro atoms. The largest absolute Gasteiger partial charge is 0.467 e. The lowest BCUT2D eigenvalue weighted by Gasteiger charge is -2.14. The monoisotopic (exact) mass is 329 g/mol. The van der Waals surface area contributed by atoms with E-state index in [1.54, 1.807) is 18.2 Å². The Morgan fingerprint density at radius 2 is 2.14 bits per heavy atom. The van der Waals surface area contributed by atoms with Gasteiger partial charge in [-0.1, -0.05) is 17.7 Å². The molecule has 0 radical (unpaired) electrons. The van der Waals surface area contributed by atoms with Crippen LogP contribution in [0.25, 0.3) is 0 Å². The van der Waals surface area contributed by atoms with Crippen molar-refractivity contribution in [3.63, 3.8) is 0 Å². The summed E-state index contributed by atoms with van der Waals surface area (Å²) in [6, 6.07) is 8.05. The average molecular weight is 330 g/mol. The van der Waals surface area contributed by atoms with Gasteiger partial charge >= 0.3 is 0 Å². The van der Waals surface area contributed by atoms with E-state index in [0.29, 0.717) is 10.8 Å². The van der Waals surface area contributed by atoms with Gasteiger partial charge in [0, 0.05) is 18.7 Å². The first-order chi connectivity index (χ1) is 9.94. The summed E-state index contributed by atoms with van der Waals surface area (Å²) < 4.78 is 37.4. The summed E-state index contributed by atoms with van der Waals surface area (Å²) in [5.41, 5.74) is 0.820. The van der Waals surface area contributed by atoms with Crippen LogP contribution in [0.3, 0.4) is 0 Å². The standard InChI is InChI=1S/C14H16ClNO4S/c1-10-5-6-11(8-12(10)15)21(17,18)16-9-14(19-2)13-4-3-7-20-13/h3-8,14,16H,9H2,1-2H3. The van der Waals surface area contributed by atoms with Gasteiger partial charge in [-0.25, -0.2) is 13.1 Å². The minimum absolute atomic E-state index is 0.0673. The van der Waals surface area contributed by atoms with Crippen LogP contribution in [-0.4, -0.2) is 22.1 Å². The van der Waals surface area contributed by atoms with E-state index in [9.17, 15) is 8.42 Å². The average Bonchev–Trinajstić information content (AvgIpc) is 2.96. The van der Waals surface area contributed by atoms with Crippen molar-refractivity contribution < 1.29 is 17.6 Å². The first-order valence-corrected chi connectivity index (χ1v) is 8.12. The van der Waals surface area contributed by atoms with Gasteiger partial charge in [0.25, 0.3) is 0 Å². The molecule has 1 unspecified atom stereocenters. The van der Waals surface area contributed by atoms with Crippen molar-refractivity contribution in [3.8, 4) is 0 Å². The number of aryl methyl sites for hydroxylation is 1. The highest BCUT2D eigenvalue weighted by atomic mass is 35.5. The molecule has 5 nitrogen and oxygen atoms in total. The number of nitrogens with one attached hydrogen (secondary N) is 1. The lowest BCUT2D eigenvalue weighted by Crippen LogP contribution is -2.29. The van der Waals surface area contributed by atoms with Crippen LogP contribution in [0, 0.1) is 6.92 Å². The van der Waals surface area contributed by atoms with E-state index in [2.05, 4.69) is 4.72 Å². The van der Waals surface area contributed by atoms with E-state index in [1.165, 1.54) is 25.5 Å². The Balaban J connectivity index is 2.12. The molecular formula is C14H16ClNO4S. The minimum atomic E-state index is -3.65. The molecule has 2 aromatic rings. The van der Waals surface area contributed by atoms with Crippen LogP contribution in [0.2, 0.25) is 5.02 Å². The van der Waals surface area contributed by atoms with E-state index < -0.39 is 16.1 Å². The molecule has 0 aliphatic rings. The Kier molecular flexibility index (Phi) is 5.05. The Labute approximate surface area is 128 Å². The van der Waals surface area contributed by atoms with Crippen LogP contribution >= 0.6 is 11.6 Å². The number of hydrogen-bond donors (Lipinski definition) is 1. The van der Waals surface area contributed by atoms with Gasteiger partial charge in [0.1, 0.15) is 11.9 Å². The molecule has 1 N–H and O–H groups in total. The van der Waals surface area contributed by atoms with Crippen LogP contribution in [0.5, 0.6) is 0 Å². The predicted octanol–water partition coefficient (Wildman–Crippen LogP) is 2.91. The zero-order valence-electron chi connectivity index (χ0n) is 11.7. The molecule has 1 aromatic carbocycles. The topological polar surface area (TPSA) is 68.5 Å². The second kappa shape index (κ2) is 6.62. The maximum absolute atomic E-state index is 12.2. The number of furan rings is 1. The van der Waals surface area contributed by atoms with Gasteiger partial charge in [-0.15, -0.1) is 0 Å². The third-order valence-corrected chi connectivity index (χ3v) is 4.89. The highest BCUT2D eigenvalue weighted by Gasteiger charge is 2.20. The molecule has 21 heavy (non-hydrogen) atoms. The molecule has 1 heterocycles. The second-order valence-corrected chi connectivity index (χ2v) is 6.68. The first-order valence-electron chi connectivity index (χ1n) is 6.26.